The minimum Gasteiger partial charge on any atom is -0.493 e. The van der Waals surface area contributed by atoms with Crippen molar-refractivity contribution in [1.29, 1.82) is 0 Å². The first-order valence-electron chi connectivity index (χ1n) is 14.2. The van der Waals surface area contributed by atoms with Crippen molar-refractivity contribution in [3.63, 3.8) is 0 Å². The van der Waals surface area contributed by atoms with Gasteiger partial charge in [0, 0.05) is 19.6 Å². The molecule has 46 heavy (non-hydrogen) atoms. The van der Waals surface area contributed by atoms with Gasteiger partial charge in [-0.2, -0.15) is 13.2 Å². The van der Waals surface area contributed by atoms with E-state index in [9.17, 15) is 22.8 Å². The van der Waals surface area contributed by atoms with Gasteiger partial charge in [-0.1, -0.05) is 6.07 Å². The molecule has 1 saturated heterocycles. The van der Waals surface area contributed by atoms with Crippen LogP contribution in [0.25, 0.3) is 11.0 Å². The van der Waals surface area contributed by atoms with Gasteiger partial charge in [-0.15, -0.1) is 0 Å². The van der Waals surface area contributed by atoms with E-state index in [4.69, 9.17) is 32.8 Å². The van der Waals surface area contributed by atoms with Crippen LogP contribution in [-0.4, -0.2) is 58.5 Å². The minimum absolute atomic E-state index is 0.00380. The summed E-state index contributed by atoms with van der Waals surface area (Å²) in [5, 5.41) is -0.178. The Bertz CT molecular complexity index is 1800. The highest BCUT2D eigenvalue weighted by atomic mass is 19.4. The van der Waals surface area contributed by atoms with E-state index in [0.29, 0.717) is 26.3 Å². The van der Waals surface area contributed by atoms with E-state index in [-0.39, 0.29) is 57.4 Å². The molecule has 1 aliphatic heterocycles. The van der Waals surface area contributed by atoms with Gasteiger partial charge >= 0.3 is 12.1 Å². The zero-order valence-electron chi connectivity index (χ0n) is 25.8. The Hall–Kier alpha value is -4.75. The van der Waals surface area contributed by atoms with E-state index in [1.807, 2.05) is 11.8 Å². The van der Waals surface area contributed by atoms with Crippen molar-refractivity contribution in [2.45, 2.75) is 26.6 Å². The molecule has 0 unspecified atom stereocenters. The maximum atomic E-state index is 14.5. The van der Waals surface area contributed by atoms with Crippen molar-refractivity contribution >= 4 is 16.9 Å². The molecule has 0 saturated carbocycles. The monoisotopic (exact) mass is 643 g/mol. The fraction of sp³-hybridized carbons (Fsp3) is 0.333. The Morgan fingerprint density at radius 2 is 1.54 bits per heavy atom. The van der Waals surface area contributed by atoms with Crippen molar-refractivity contribution in [3.05, 3.63) is 80.7 Å². The molecule has 0 radical (unpaired) electrons. The number of halogens is 3. The number of carbonyl (C=O) groups excluding carboxylic acids is 1. The van der Waals surface area contributed by atoms with Gasteiger partial charge in [0.1, 0.15) is 17.1 Å². The number of morpholine rings is 1. The molecule has 0 amide bonds. The molecule has 1 aliphatic rings. The van der Waals surface area contributed by atoms with Gasteiger partial charge in [0.15, 0.2) is 11.5 Å². The minimum atomic E-state index is -5.10. The summed E-state index contributed by atoms with van der Waals surface area (Å²) in [7, 11) is 4.18. The molecule has 244 valence electrons. The van der Waals surface area contributed by atoms with Crippen LogP contribution in [0.2, 0.25) is 0 Å². The number of esters is 1. The zero-order valence-corrected chi connectivity index (χ0v) is 25.8. The van der Waals surface area contributed by atoms with Gasteiger partial charge in [-0.05, 0) is 61.4 Å². The molecule has 1 fully saturated rings. The third-order valence-electron chi connectivity index (χ3n) is 7.62. The number of aryl methyl sites for hydroxylation is 2. The second-order valence-electron chi connectivity index (χ2n) is 10.5. The predicted molar refractivity (Wildman–Crippen MR) is 161 cm³/mol. The van der Waals surface area contributed by atoms with Gasteiger partial charge in [-0.25, -0.2) is 4.79 Å². The Kier molecular flexibility index (Phi) is 9.44. The number of ether oxygens (including phenoxy) is 6. The lowest BCUT2D eigenvalue weighted by molar-refractivity contribution is -0.154. The number of rotatable bonds is 9. The predicted octanol–water partition coefficient (Wildman–Crippen LogP) is 6.30. The van der Waals surface area contributed by atoms with Crippen molar-refractivity contribution < 1.29 is 50.8 Å². The maximum absolute atomic E-state index is 14.5. The van der Waals surface area contributed by atoms with E-state index in [1.54, 1.807) is 13.0 Å². The van der Waals surface area contributed by atoms with Crippen LogP contribution in [0.15, 0.2) is 51.7 Å². The number of methoxy groups -OCH3 is 3. The molecule has 0 atom stereocenters. The topological polar surface area (TPSA) is 106 Å². The number of carbonyl (C=O) groups is 1. The van der Waals surface area contributed by atoms with Crippen LogP contribution in [0, 0.1) is 13.8 Å². The second-order valence-corrected chi connectivity index (χ2v) is 10.5. The summed E-state index contributed by atoms with van der Waals surface area (Å²) < 4.78 is 81.6. The summed E-state index contributed by atoms with van der Waals surface area (Å²) in [5.74, 6) is -2.89. The van der Waals surface area contributed by atoms with E-state index in [2.05, 4.69) is 0 Å². The van der Waals surface area contributed by atoms with E-state index in [0.717, 1.165) is 11.1 Å². The Labute approximate surface area is 262 Å². The average Bonchev–Trinajstić information content (AvgIpc) is 3.04. The van der Waals surface area contributed by atoms with Crippen LogP contribution in [0.4, 0.5) is 13.2 Å². The molecular weight excluding hydrogens is 611 g/mol. The summed E-state index contributed by atoms with van der Waals surface area (Å²) >= 11 is 0. The first-order chi connectivity index (χ1) is 21.9. The van der Waals surface area contributed by atoms with Crippen LogP contribution in [-0.2, 0) is 17.5 Å². The SMILES string of the molecule is COc1cc(C(=O)Oc2ccc3c(=O)c(Oc4ccc(C)c(C)c4)c(C(F)(F)F)oc3c2CN2CCOCC2)cc(OC)c1OC. The summed E-state index contributed by atoms with van der Waals surface area (Å²) in [6.07, 6.45) is -5.10. The molecule has 1 aromatic heterocycles. The van der Waals surface area contributed by atoms with E-state index < -0.39 is 29.1 Å². The van der Waals surface area contributed by atoms with E-state index in [1.165, 1.54) is 57.7 Å². The summed E-state index contributed by atoms with van der Waals surface area (Å²) in [6, 6.07) is 10.0. The van der Waals surface area contributed by atoms with Gasteiger partial charge in [0.25, 0.3) is 5.76 Å². The Morgan fingerprint density at radius 1 is 0.870 bits per heavy atom. The molecule has 13 heteroatoms. The van der Waals surface area contributed by atoms with Gasteiger partial charge in [-0.3, -0.25) is 9.69 Å². The molecule has 2 heterocycles. The van der Waals surface area contributed by atoms with Crippen LogP contribution in [0.3, 0.4) is 0 Å². The lowest BCUT2D eigenvalue weighted by Gasteiger charge is -2.27. The average molecular weight is 644 g/mol. The number of benzene rings is 3. The Balaban J connectivity index is 1.65. The molecule has 4 aromatic rings. The zero-order chi connectivity index (χ0) is 33.2. The normalized spacial score (nSPS) is 13.8. The standard InChI is InChI=1S/C33H32F3NO9/c1-18-6-7-21(14-19(18)2)44-30-27(38)22-8-9-24(45-32(39)20-15-25(40-3)29(42-5)26(16-20)41-4)23(17-37-10-12-43-13-11-37)28(22)46-31(30)33(34,35)36/h6-9,14-16H,10-13,17H2,1-5H3. The fourth-order valence-electron chi connectivity index (χ4n) is 5.04. The van der Waals surface area contributed by atoms with Crippen LogP contribution >= 0.6 is 0 Å². The van der Waals surface area contributed by atoms with E-state index >= 15 is 0 Å². The van der Waals surface area contributed by atoms with Crippen molar-refractivity contribution in [2.75, 3.05) is 47.6 Å². The third-order valence-corrected chi connectivity index (χ3v) is 7.62. The van der Waals surface area contributed by atoms with Crippen molar-refractivity contribution in [3.8, 4) is 34.5 Å². The fourth-order valence-corrected chi connectivity index (χ4v) is 5.04. The summed E-state index contributed by atoms with van der Waals surface area (Å²) in [6.45, 7) is 5.27. The number of hydrogen-bond donors (Lipinski definition) is 0. The molecule has 5 rings (SSSR count). The van der Waals surface area contributed by atoms with Gasteiger partial charge in [0.05, 0.1) is 51.1 Å². The van der Waals surface area contributed by atoms with Gasteiger partial charge < -0.3 is 32.8 Å². The van der Waals surface area contributed by atoms with Gasteiger partial charge in [0.2, 0.25) is 16.9 Å². The number of nitrogens with zero attached hydrogens (tertiary/aromatic N) is 1. The largest absolute Gasteiger partial charge is 0.493 e. The number of hydrogen-bond acceptors (Lipinski definition) is 10. The molecular formula is C33H32F3NO9. The maximum Gasteiger partial charge on any atom is 0.453 e. The molecule has 0 N–H and O–H groups in total. The summed E-state index contributed by atoms with van der Waals surface area (Å²) in [5.41, 5.74) is 0.337. The van der Waals surface area contributed by atoms with Crippen LogP contribution in [0.5, 0.6) is 34.5 Å². The third kappa shape index (κ3) is 6.60. The summed E-state index contributed by atoms with van der Waals surface area (Å²) in [4.78, 5) is 29.0. The molecule has 0 bridgehead atoms. The molecule has 0 aliphatic carbocycles. The molecule has 0 spiro atoms. The Morgan fingerprint density at radius 3 is 2.13 bits per heavy atom. The molecule has 10 nitrogen and oxygen atoms in total. The van der Waals surface area contributed by atoms with Crippen LogP contribution in [0.1, 0.15) is 32.8 Å². The quantitative estimate of drug-likeness (QED) is 0.152. The highest BCUT2D eigenvalue weighted by Gasteiger charge is 2.41. The lowest BCUT2D eigenvalue weighted by atomic mass is 10.1. The van der Waals surface area contributed by atoms with Crippen LogP contribution < -0.4 is 29.1 Å². The molecule has 3 aromatic carbocycles. The smallest absolute Gasteiger partial charge is 0.453 e. The van der Waals surface area contributed by atoms with Crippen molar-refractivity contribution in [2.24, 2.45) is 0 Å². The lowest BCUT2D eigenvalue weighted by Crippen LogP contribution is -2.36. The second kappa shape index (κ2) is 13.3. The first kappa shape index (κ1) is 32.6. The van der Waals surface area contributed by atoms with Crippen molar-refractivity contribution in [1.82, 2.24) is 4.90 Å². The first-order valence-corrected chi connectivity index (χ1v) is 14.2. The highest BCUT2D eigenvalue weighted by Crippen LogP contribution is 2.42. The highest BCUT2D eigenvalue weighted by molar-refractivity contribution is 5.94. The number of fused-ring (bicyclic) bond motifs is 1. The number of alkyl halides is 3.